The van der Waals surface area contributed by atoms with Crippen molar-refractivity contribution >= 4 is 26.8 Å². The summed E-state index contributed by atoms with van der Waals surface area (Å²) in [5.41, 5.74) is 10.5. The molecule has 0 atom stereocenters. The number of nitrogens with two attached hydrogens (primary N) is 1. The van der Waals surface area contributed by atoms with Crippen molar-refractivity contribution in [2.75, 3.05) is 0 Å². The van der Waals surface area contributed by atoms with Crippen LogP contribution in [0.3, 0.4) is 0 Å². The van der Waals surface area contributed by atoms with Crippen molar-refractivity contribution in [2.24, 2.45) is 5.73 Å². The molecule has 0 amide bonds. The lowest BCUT2D eigenvalue weighted by Gasteiger charge is -1.99. The highest BCUT2D eigenvalue weighted by molar-refractivity contribution is 9.10. The molecule has 74 valence electrons. The van der Waals surface area contributed by atoms with E-state index in [1.165, 1.54) is 27.7 Å². The Kier molecular flexibility index (Phi) is 2.37. The van der Waals surface area contributed by atoms with Gasteiger partial charge in [-0.25, -0.2) is 0 Å². The fourth-order valence-electron chi connectivity index (χ4n) is 1.78. The van der Waals surface area contributed by atoms with E-state index in [9.17, 15) is 0 Å². The molecule has 2 nitrogen and oxygen atoms in total. The second kappa shape index (κ2) is 3.41. The third-order valence-electron chi connectivity index (χ3n) is 2.60. The second-order valence-corrected chi connectivity index (χ2v) is 4.43. The maximum Gasteiger partial charge on any atom is 0.0462 e. The highest BCUT2D eigenvalue weighted by Gasteiger charge is 2.08. The van der Waals surface area contributed by atoms with Crippen molar-refractivity contribution in [1.82, 2.24) is 4.98 Å². The summed E-state index contributed by atoms with van der Waals surface area (Å²) in [6.45, 7) is 4.73. The van der Waals surface area contributed by atoms with Gasteiger partial charge < -0.3 is 10.7 Å². The summed E-state index contributed by atoms with van der Waals surface area (Å²) in [5, 5.41) is 1.22. The molecule has 3 heteroatoms. The molecule has 0 bridgehead atoms. The van der Waals surface area contributed by atoms with E-state index in [1.807, 2.05) is 0 Å². The predicted octanol–water partition coefficient (Wildman–Crippen LogP) is 3.01. The van der Waals surface area contributed by atoms with Gasteiger partial charge in [0.25, 0.3) is 0 Å². The Morgan fingerprint density at radius 1 is 1.36 bits per heavy atom. The SMILES string of the molecule is Cc1cc2[nH]c(C)c(CN)c2cc1Br. The largest absolute Gasteiger partial charge is 0.358 e. The number of aromatic amines is 1. The minimum Gasteiger partial charge on any atom is -0.358 e. The number of halogens is 1. The van der Waals surface area contributed by atoms with Gasteiger partial charge in [-0.3, -0.25) is 0 Å². The number of H-pyrrole nitrogens is 1. The number of hydrogen-bond donors (Lipinski definition) is 2. The molecule has 0 aliphatic carbocycles. The van der Waals surface area contributed by atoms with Crippen LogP contribution < -0.4 is 5.73 Å². The molecular weight excluding hydrogens is 240 g/mol. The monoisotopic (exact) mass is 252 g/mol. The van der Waals surface area contributed by atoms with E-state index in [1.54, 1.807) is 0 Å². The van der Waals surface area contributed by atoms with Crippen LogP contribution in [0.1, 0.15) is 16.8 Å². The number of benzene rings is 1. The van der Waals surface area contributed by atoms with Gasteiger partial charge in [0.05, 0.1) is 0 Å². The quantitative estimate of drug-likeness (QED) is 0.805. The van der Waals surface area contributed by atoms with Gasteiger partial charge >= 0.3 is 0 Å². The van der Waals surface area contributed by atoms with E-state index in [0.29, 0.717) is 6.54 Å². The second-order valence-electron chi connectivity index (χ2n) is 3.58. The molecule has 1 aromatic heterocycles. The van der Waals surface area contributed by atoms with E-state index in [0.717, 1.165) is 4.47 Å². The molecule has 0 spiro atoms. The van der Waals surface area contributed by atoms with Gasteiger partial charge in [0.2, 0.25) is 0 Å². The van der Waals surface area contributed by atoms with Crippen LogP contribution in [0, 0.1) is 13.8 Å². The number of nitrogens with one attached hydrogen (secondary N) is 1. The van der Waals surface area contributed by atoms with Crippen LogP contribution in [0.4, 0.5) is 0 Å². The first kappa shape index (κ1) is 9.74. The number of aromatic nitrogens is 1. The number of hydrogen-bond acceptors (Lipinski definition) is 1. The minimum atomic E-state index is 0.585. The maximum absolute atomic E-state index is 5.71. The van der Waals surface area contributed by atoms with Crippen LogP contribution in [-0.2, 0) is 6.54 Å². The molecule has 0 aliphatic heterocycles. The molecule has 2 aromatic rings. The van der Waals surface area contributed by atoms with Crippen molar-refractivity contribution < 1.29 is 0 Å². The van der Waals surface area contributed by atoms with Crippen molar-refractivity contribution in [3.8, 4) is 0 Å². The first-order valence-corrected chi connectivity index (χ1v) is 5.40. The molecule has 1 heterocycles. The zero-order valence-electron chi connectivity index (χ0n) is 8.32. The van der Waals surface area contributed by atoms with Crippen LogP contribution in [0.2, 0.25) is 0 Å². The average Bonchev–Trinajstić information content (AvgIpc) is 2.42. The highest BCUT2D eigenvalue weighted by atomic mass is 79.9. The zero-order valence-corrected chi connectivity index (χ0v) is 9.90. The van der Waals surface area contributed by atoms with Crippen molar-refractivity contribution in [3.05, 3.63) is 33.4 Å². The molecule has 3 N–H and O–H groups in total. The lowest BCUT2D eigenvalue weighted by atomic mass is 10.1. The van der Waals surface area contributed by atoms with E-state index in [-0.39, 0.29) is 0 Å². The summed E-state index contributed by atoms with van der Waals surface area (Å²) in [7, 11) is 0. The molecule has 1 aromatic carbocycles. The topological polar surface area (TPSA) is 41.8 Å². The van der Waals surface area contributed by atoms with Crippen LogP contribution in [0.5, 0.6) is 0 Å². The summed E-state index contributed by atoms with van der Waals surface area (Å²) < 4.78 is 1.14. The van der Waals surface area contributed by atoms with Crippen LogP contribution in [0.25, 0.3) is 10.9 Å². The molecule has 0 saturated carbocycles. The fraction of sp³-hybridized carbons (Fsp3) is 0.273. The van der Waals surface area contributed by atoms with Gasteiger partial charge in [-0.15, -0.1) is 0 Å². The third-order valence-corrected chi connectivity index (χ3v) is 3.46. The van der Waals surface area contributed by atoms with Gasteiger partial charge in [0.1, 0.15) is 0 Å². The van der Waals surface area contributed by atoms with Gasteiger partial charge in [-0.1, -0.05) is 15.9 Å². The highest BCUT2D eigenvalue weighted by Crippen LogP contribution is 2.27. The van der Waals surface area contributed by atoms with Crippen molar-refractivity contribution in [3.63, 3.8) is 0 Å². The first-order chi connectivity index (χ1) is 6.63. The number of rotatable bonds is 1. The summed E-state index contributed by atoms with van der Waals surface area (Å²) in [6, 6.07) is 4.28. The molecular formula is C11H13BrN2. The lowest BCUT2D eigenvalue weighted by molar-refractivity contribution is 1.05. The molecule has 0 fully saturated rings. The van der Waals surface area contributed by atoms with Gasteiger partial charge in [-0.2, -0.15) is 0 Å². The normalized spacial score (nSPS) is 11.1. The van der Waals surface area contributed by atoms with Crippen LogP contribution in [0.15, 0.2) is 16.6 Å². The Labute approximate surface area is 91.6 Å². The smallest absolute Gasteiger partial charge is 0.0462 e. The molecule has 0 saturated heterocycles. The van der Waals surface area contributed by atoms with E-state index in [2.05, 4.69) is 46.9 Å². The van der Waals surface area contributed by atoms with Crippen molar-refractivity contribution in [2.45, 2.75) is 20.4 Å². The average molecular weight is 253 g/mol. The standard InChI is InChI=1S/C11H13BrN2/c1-6-3-11-8(4-10(6)12)9(5-13)7(2)14-11/h3-4,14H,5,13H2,1-2H3. The molecule has 0 aliphatic rings. The molecule has 2 rings (SSSR count). The Bertz CT molecular complexity index is 485. The third kappa shape index (κ3) is 1.37. The summed E-state index contributed by atoms with van der Waals surface area (Å²) in [4.78, 5) is 3.35. The number of fused-ring (bicyclic) bond motifs is 1. The fourth-order valence-corrected chi connectivity index (χ4v) is 2.12. The molecule has 0 radical (unpaired) electrons. The van der Waals surface area contributed by atoms with Crippen molar-refractivity contribution in [1.29, 1.82) is 0 Å². The van der Waals surface area contributed by atoms with E-state index in [4.69, 9.17) is 5.73 Å². The minimum absolute atomic E-state index is 0.585. The summed E-state index contributed by atoms with van der Waals surface area (Å²) in [5.74, 6) is 0. The Morgan fingerprint density at radius 3 is 2.71 bits per heavy atom. The zero-order chi connectivity index (χ0) is 10.3. The van der Waals surface area contributed by atoms with E-state index < -0.39 is 0 Å². The van der Waals surface area contributed by atoms with Crippen LogP contribution >= 0.6 is 15.9 Å². The Morgan fingerprint density at radius 2 is 2.07 bits per heavy atom. The molecule has 0 unspecified atom stereocenters. The molecule has 14 heavy (non-hydrogen) atoms. The van der Waals surface area contributed by atoms with Gasteiger partial charge in [0, 0.05) is 27.6 Å². The predicted molar refractivity (Wildman–Crippen MR) is 63.4 cm³/mol. The lowest BCUT2D eigenvalue weighted by Crippen LogP contribution is -1.96. The number of aryl methyl sites for hydroxylation is 2. The maximum atomic E-state index is 5.71. The summed E-state index contributed by atoms with van der Waals surface area (Å²) in [6.07, 6.45) is 0. The van der Waals surface area contributed by atoms with Crippen LogP contribution in [-0.4, -0.2) is 4.98 Å². The Balaban J connectivity index is 2.82. The summed E-state index contributed by atoms with van der Waals surface area (Å²) >= 11 is 3.53. The van der Waals surface area contributed by atoms with E-state index >= 15 is 0 Å². The van der Waals surface area contributed by atoms with Gasteiger partial charge in [-0.05, 0) is 37.1 Å². The first-order valence-electron chi connectivity index (χ1n) is 4.61. The van der Waals surface area contributed by atoms with Gasteiger partial charge in [0.15, 0.2) is 0 Å². The Hall–Kier alpha value is -0.800.